The van der Waals surface area contributed by atoms with Gasteiger partial charge in [0.1, 0.15) is 0 Å². The second-order valence-corrected chi connectivity index (χ2v) is 6.28. The Kier molecular flexibility index (Phi) is 9.60. The third-order valence-corrected chi connectivity index (χ3v) is 4.39. The summed E-state index contributed by atoms with van der Waals surface area (Å²) in [7, 11) is 5.67. The van der Waals surface area contributed by atoms with Gasteiger partial charge in [0.25, 0.3) is 0 Å². The van der Waals surface area contributed by atoms with Gasteiger partial charge in [0.05, 0.1) is 49.4 Å². The molecule has 0 saturated carbocycles. The quantitative estimate of drug-likeness (QED) is 0.174. The van der Waals surface area contributed by atoms with Gasteiger partial charge in [0.15, 0.2) is 36.6 Å². The number of nitro groups is 2. The highest BCUT2D eigenvalue weighted by molar-refractivity contribution is 5.44. The molecule has 2 rings (SSSR count). The molecule has 0 bridgehead atoms. The summed E-state index contributed by atoms with van der Waals surface area (Å²) < 4.78 is 35.9. The maximum absolute atomic E-state index is 11.4. The van der Waals surface area contributed by atoms with E-state index in [9.17, 15) is 20.2 Å². The number of rotatable bonds is 14. The van der Waals surface area contributed by atoms with Gasteiger partial charge in [-0.3, -0.25) is 29.7 Å². The van der Waals surface area contributed by atoms with Crippen LogP contribution in [0.15, 0.2) is 36.4 Å². The molecule has 0 heterocycles. The van der Waals surface area contributed by atoms with Crippen LogP contribution in [0.25, 0.3) is 0 Å². The number of hydrogen-bond acceptors (Lipinski definition) is 11. The first kappa shape index (κ1) is 25.6. The van der Waals surface area contributed by atoms with Gasteiger partial charge >= 0.3 is 12.5 Å². The Morgan fingerprint density at radius 2 is 1.03 bits per heavy atom. The van der Waals surface area contributed by atoms with E-state index < -0.39 is 35.9 Å². The first-order valence-corrected chi connectivity index (χ1v) is 9.38. The monoisotopic (exact) mass is 468 g/mol. The van der Waals surface area contributed by atoms with Crippen LogP contribution in [-0.2, 0) is 14.2 Å². The molecule has 0 saturated heterocycles. The smallest absolute Gasteiger partial charge is 0.344 e. The van der Waals surface area contributed by atoms with Gasteiger partial charge in [-0.1, -0.05) is 0 Å². The van der Waals surface area contributed by atoms with E-state index in [-0.39, 0.29) is 11.1 Å². The van der Waals surface area contributed by atoms with Gasteiger partial charge in [-0.05, 0) is 36.4 Å². The topological polar surface area (TPSA) is 151 Å². The molecule has 0 aromatic heterocycles. The molecule has 0 amide bonds. The minimum atomic E-state index is -1.57. The van der Waals surface area contributed by atoms with Gasteiger partial charge < -0.3 is 23.7 Å². The normalized spacial score (nSPS) is 12.5. The molecule has 33 heavy (non-hydrogen) atoms. The van der Waals surface area contributed by atoms with Gasteiger partial charge in [-0.15, -0.1) is 0 Å². The SMILES string of the molecule is COc1ccc(C(OCOCOC(c2ccc(OC)c(OC)c2)[N+](=O)[O-])[N+](=O)[O-])cc1OC. The first-order chi connectivity index (χ1) is 15.9. The average Bonchev–Trinajstić information content (AvgIpc) is 2.82. The lowest BCUT2D eigenvalue weighted by molar-refractivity contribution is -0.595. The second kappa shape index (κ2) is 12.4. The summed E-state index contributed by atoms with van der Waals surface area (Å²) >= 11 is 0. The van der Waals surface area contributed by atoms with Crippen molar-refractivity contribution in [1.29, 1.82) is 0 Å². The van der Waals surface area contributed by atoms with Crippen molar-refractivity contribution in [3.8, 4) is 23.0 Å². The Balaban J connectivity index is 1.97. The highest BCUT2D eigenvalue weighted by Crippen LogP contribution is 2.32. The standard InChI is InChI=1S/C20H24N2O11/c1-27-15-7-5-13(9-17(15)29-3)19(21(23)24)32-11-31-12-33-20(22(25)26)14-6-8-16(28-2)18(10-14)30-4/h5-10,19-20H,11-12H2,1-4H3. The highest BCUT2D eigenvalue weighted by atomic mass is 16.8. The van der Waals surface area contributed by atoms with E-state index in [2.05, 4.69) is 0 Å². The molecule has 2 aromatic rings. The minimum absolute atomic E-state index is 0.190. The molecule has 13 nitrogen and oxygen atoms in total. The van der Waals surface area contributed by atoms with Crippen LogP contribution >= 0.6 is 0 Å². The maximum Gasteiger partial charge on any atom is 0.344 e. The molecule has 0 spiro atoms. The van der Waals surface area contributed by atoms with Gasteiger partial charge in [0.2, 0.25) is 0 Å². The minimum Gasteiger partial charge on any atom is -0.493 e. The van der Waals surface area contributed by atoms with E-state index in [1.165, 1.54) is 64.8 Å². The van der Waals surface area contributed by atoms with E-state index in [0.29, 0.717) is 23.0 Å². The number of hydrogen-bond donors (Lipinski definition) is 0. The third kappa shape index (κ3) is 6.65. The summed E-state index contributed by atoms with van der Waals surface area (Å²) in [6.45, 7) is -1.12. The lowest BCUT2D eigenvalue weighted by atomic mass is 10.2. The maximum atomic E-state index is 11.4. The average molecular weight is 468 g/mol. The lowest BCUT2D eigenvalue weighted by Gasteiger charge is -2.15. The van der Waals surface area contributed by atoms with Gasteiger partial charge in [-0.25, -0.2) is 0 Å². The van der Waals surface area contributed by atoms with Crippen LogP contribution in [-0.4, -0.2) is 51.9 Å². The van der Waals surface area contributed by atoms with Crippen molar-refractivity contribution in [2.75, 3.05) is 42.0 Å². The van der Waals surface area contributed by atoms with Gasteiger partial charge in [0, 0.05) is 0 Å². The molecule has 2 unspecified atom stereocenters. The Labute approximate surface area is 189 Å². The molecule has 0 aliphatic heterocycles. The zero-order chi connectivity index (χ0) is 24.4. The molecule has 0 fully saturated rings. The summed E-state index contributed by atoms with van der Waals surface area (Å²) in [6, 6.07) is 8.72. The predicted molar refractivity (Wildman–Crippen MR) is 112 cm³/mol. The van der Waals surface area contributed by atoms with Crippen LogP contribution in [0.5, 0.6) is 23.0 Å². The Morgan fingerprint density at radius 1 is 0.667 bits per heavy atom. The number of methoxy groups -OCH3 is 4. The fourth-order valence-corrected chi connectivity index (χ4v) is 2.83. The molecule has 0 aliphatic carbocycles. The van der Waals surface area contributed by atoms with Crippen LogP contribution in [0.2, 0.25) is 0 Å². The number of benzene rings is 2. The highest BCUT2D eigenvalue weighted by Gasteiger charge is 2.27. The fourth-order valence-electron chi connectivity index (χ4n) is 2.83. The van der Waals surface area contributed by atoms with Crippen molar-refractivity contribution in [1.82, 2.24) is 0 Å². The summed E-state index contributed by atoms with van der Waals surface area (Å²) in [5, 5.41) is 22.8. The summed E-state index contributed by atoms with van der Waals surface area (Å²) in [6.07, 6.45) is -3.14. The molecule has 0 N–H and O–H groups in total. The zero-order valence-corrected chi connectivity index (χ0v) is 18.4. The number of nitrogens with zero attached hydrogens (tertiary/aromatic N) is 2. The number of ether oxygens (including phenoxy) is 7. The van der Waals surface area contributed by atoms with Crippen molar-refractivity contribution in [3.63, 3.8) is 0 Å². The van der Waals surface area contributed by atoms with E-state index in [4.69, 9.17) is 33.2 Å². The van der Waals surface area contributed by atoms with Crippen molar-refractivity contribution >= 4 is 0 Å². The van der Waals surface area contributed by atoms with E-state index in [0.717, 1.165) is 0 Å². The van der Waals surface area contributed by atoms with Crippen molar-refractivity contribution in [2.24, 2.45) is 0 Å². The van der Waals surface area contributed by atoms with Crippen molar-refractivity contribution in [2.45, 2.75) is 12.5 Å². The Bertz CT molecular complexity index is 878. The summed E-state index contributed by atoms with van der Waals surface area (Å²) in [5.41, 5.74) is 0.381. The van der Waals surface area contributed by atoms with Crippen molar-refractivity contribution in [3.05, 3.63) is 67.8 Å². The van der Waals surface area contributed by atoms with Crippen molar-refractivity contribution < 1.29 is 43.0 Å². The molecule has 0 radical (unpaired) electrons. The molecule has 13 heteroatoms. The fraction of sp³-hybridized carbons (Fsp3) is 0.400. The summed E-state index contributed by atoms with van der Waals surface area (Å²) in [5.74, 6) is 1.37. The van der Waals surface area contributed by atoms with Crippen LogP contribution in [0, 0.1) is 20.2 Å². The van der Waals surface area contributed by atoms with Crippen LogP contribution in [0.1, 0.15) is 23.6 Å². The van der Waals surface area contributed by atoms with Crippen LogP contribution in [0.4, 0.5) is 0 Å². The van der Waals surface area contributed by atoms with E-state index in [1.54, 1.807) is 0 Å². The first-order valence-electron chi connectivity index (χ1n) is 9.38. The summed E-state index contributed by atoms with van der Waals surface area (Å²) in [4.78, 5) is 21.5. The van der Waals surface area contributed by atoms with E-state index in [1.807, 2.05) is 0 Å². The molecule has 2 aromatic carbocycles. The van der Waals surface area contributed by atoms with Crippen LogP contribution in [0.3, 0.4) is 0 Å². The molecular formula is C20H24N2O11. The second-order valence-electron chi connectivity index (χ2n) is 6.28. The Hall–Kier alpha value is -3.68. The van der Waals surface area contributed by atoms with E-state index >= 15 is 0 Å². The Morgan fingerprint density at radius 3 is 1.33 bits per heavy atom. The van der Waals surface area contributed by atoms with Crippen LogP contribution < -0.4 is 18.9 Å². The molecule has 0 aliphatic rings. The molecular weight excluding hydrogens is 444 g/mol. The largest absolute Gasteiger partial charge is 0.493 e. The lowest BCUT2D eigenvalue weighted by Crippen LogP contribution is -2.19. The zero-order valence-electron chi connectivity index (χ0n) is 18.4. The molecule has 180 valence electrons. The predicted octanol–water partition coefficient (Wildman–Crippen LogP) is 2.94. The third-order valence-electron chi connectivity index (χ3n) is 4.39. The molecule has 2 atom stereocenters. The van der Waals surface area contributed by atoms with Gasteiger partial charge in [-0.2, -0.15) is 0 Å².